The van der Waals surface area contributed by atoms with Crippen LogP contribution in [0.2, 0.25) is 0 Å². The van der Waals surface area contributed by atoms with Gasteiger partial charge in [0.1, 0.15) is 17.8 Å². The van der Waals surface area contributed by atoms with E-state index in [4.69, 9.17) is 4.42 Å². The van der Waals surface area contributed by atoms with Gasteiger partial charge in [-0.1, -0.05) is 0 Å². The second-order valence-corrected chi connectivity index (χ2v) is 4.85. The van der Waals surface area contributed by atoms with Crippen molar-refractivity contribution in [3.63, 3.8) is 0 Å². The molecule has 0 radical (unpaired) electrons. The normalized spacial score (nSPS) is 14.4. The summed E-state index contributed by atoms with van der Waals surface area (Å²) in [5.41, 5.74) is 0.336. The molecule has 3 heterocycles. The second kappa shape index (κ2) is 5.86. The van der Waals surface area contributed by atoms with Crippen LogP contribution >= 0.6 is 0 Å². The van der Waals surface area contributed by atoms with Crippen LogP contribution in [0.25, 0.3) is 0 Å². The Kier molecular flexibility index (Phi) is 3.76. The van der Waals surface area contributed by atoms with Gasteiger partial charge in [-0.25, -0.2) is 9.97 Å². The Bertz CT molecular complexity index is 635. The van der Waals surface area contributed by atoms with Crippen LogP contribution < -0.4 is 10.2 Å². The lowest BCUT2D eigenvalue weighted by Gasteiger charge is -2.16. The molecule has 1 saturated heterocycles. The van der Waals surface area contributed by atoms with Gasteiger partial charge in [0, 0.05) is 26.1 Å². The molecular weight excluding hydrogens is 272 g/mol. The van der Waals surface area contributed by atoms with Gasteiger partial charge < -0.3 is 14.6 Å². The molecule has 1 aliphatic heterocycles. The lowest BCUT2D eigenvalue weighted by Crippen LogP contribution is -2.25. The molecule has 2 aromatic heterocycles. The lowest BCUT2D eigenvalue weighted by molar-refractivity contribution is 0.0942. The van der Waals surface area contributed by atoms with E-state index in [9.17, 15) is 4.79 Å². The fourth-order valence-corrected chi connectivity index (χ4v) is 2.25. The van der Waals surface area contributed by atoms with Crippen LogP contribution in [0.4, 0.5) is 5.82 Å². The Hall–Kier alpha value is -2.51. The van der Waals surface area contributed by atoms with E-state index in [1.807, 2.05) is 0 Å². The summed E-state index contributed by atoms with van der Waals surface area (Å²) in [6.45, 7) is 3.83. The van der Waals surface area contributed by atoms with Crippen molar-refractivity contribution in [2.24, 2.45) is 0 Å². The number of nitrogens with zero attached hydrogens (tertiary/aromatic N) is 5. The van der Waals surface area contributed by atoms with Gasteiger partial charge in [0.15, 0.2) is 0 Å². The Morgan fingerprint density at radius 2 is 2.14 bits per heavy atom. The minimum Gasteiger partial charge on any atom is -0.424 e. The SMILES string of the molecule is Cc1nnc(CNC(=O)c2cc(N3CCCC3)ncn2)o1. The van der Waals surface area contributed by atoms with E-state index < -0.39 is 0 Å². The third kappa shape index (κ3) is 3.15. The van der Waals surface area contributed by atoms with Crippen molar-refractivity contribution in [2.45, 2.75) is 26.3 Å². The summed E-state index contributed by atoms with van der Waals surface area (Å²) in [5, 5.41) is 10.2. The third-order valence-electron chi connectivity index (χ3n) is 3.28. The molecule has 3 rings (SSSR count). The van der Waals surface area contributed by atoms with Crippen molar-refractivity contribution >= 4 is 11.7 Å². The van der Waals surface area contributed by atoms with E-state index in [2.05, 4.69) is 30.4 Å². The smallest absolute Gasteiger partial charge is 0.270 e. The number of hydrogen-bond donors (Lipinski definition) is 1. The first-order valence-electron chi connectivity index (χ1n) is 6.86. The number of hydrogen-bond acceptors (Lipinski definition) is 7. The molecule has 2 aromatic rings. The number of amides is 1. The van der Waals surface area contributed by atoms with Crippen LogP contribution in [0.3, 0.4) is 0 Å². The summed E-state index contributed by atoms with van der Waals surface area (Å²) in [7, 11) is 0. The van der Waals surface area contributed by atoms with Gasteiger partial charge in [0.25, 0.3) is 5.91 Å². The molecule has 1 amide bonds. The highest BCUT2D eigenvalue weighted by molar-refractivity contribution is 5.92. The molecule has 8 nitrogen and oxygen atoms in total. The van der Waals surface area contributed by atoms with Crippen LogP contribution in [0, 0.1) is 6.92 Å². The first kappa shape index (κ1) is 13.5. The Morgan fingerprint density at radius 3 is 2.86 bits per heavy atom. The zero-order valence-electron chi connectivity index (χ0n) is 11.7. The molecule has 1 aliphatic rings. The minimum atomic E-state index is -0.284. The van der Waals surface area contributed by atoms with Crippen LogP contribution in [-0.4, -0.2) is 39.2 Å². The predicted octanol–water partition coefficient (Wildman–Crippen LogP) is 0.698. The van der Waals surface area contributed by atoms with Gasteiger partial charge in [-0.2, -0.15) is 0 Å². The molecule has 1 N–H and O–H groups in total. The molecule has 0 atom stereocenters. The van der Waals surface area contributed by atoms with E-state index in [-0.39, 0.29) is 12.5 Å². The fourth-order valence-electron chi connectivity index (χ4n) is 2.25. The summed E-state index contributed by atoms with van der Waals surface area (Å²) in [6.07, 6.45) is 3.73. The van der Waals surface area contributed by atoms with Crippen molar-refractivity contribution in [3.05, 3.63) is 29.9 Å². The third-order valence-corrected chi connectivity index (χ3v) is 3.28. The summed E-state index contributed by atoms with van der Waals surface area (Å²) < 4.78 is 5.20. The predicted molar refractivity (Wildman–Crippen MR) is 73.7 cm³/mol. The van der Waals surface area contributed by atoms with Gasteiger partial charge in [-0.05, 0) is 12.8 Å². The summed E-state index contributed by atoms with van der Waals surface area (Å²) in [5.74, 6) is 1.35. The van der Waals surface area contributed by atoms with E-state index >= 15 is 0 Å². The average molecular weight is 288 g/mol. The van der Waals surface area contributed by atoms with Gasteiger partial charge in [-0.15, -0.1) is 10.2 Å². The van der Waals surface area contributed by atoms with E-state index in [0.717, 1.165) is 31.7 Å². The number of rotatable bonds is 4. The highest BCUT2D eigenvalue weighted by Gasteiger charge is 2.16. The van der Waals surface area contributed by atoms with Crippen LogP contribution in [-0.2, 0) is 6.54 Å². The molecule has 0 saturated carbocycles. The number of nitrogens with one attached hydrogen (secondary N) is 1. The van der Waals surface area contributed by atoms with Crippen LogP contribution in [0.1, 0.15) is 35.1 Å². The Balaban J connectivity index is 1.65. The molecule has 0 aliphatic carbocycles. The topological polar surface area (TPSA) is 97.0 Å². The van der Waals surface area contributed by atoms with Crippen molar-refractivity contribution in [1.29, 1.82) is 0 Å². The maximum atomic E-state index is 12.1. The molecule has 110 valence electrons. The van der Waals surface area contributed by atoms with Gasteiger partial charge in [0.05, 0.1) is 6.54 Å². The summed E-state index contributed by atoms with van der Waals surface area (Å²) >= 11 is 0. The molecular formula is C13H16N6O2. The average Bonchev–Trinajstić information content (AvgIpc) is 3.16. The highest BCUT2D eigenvalue weighted by atomic mass is 16.4. The lowest BCUT2D eigenvalue weighted by atomic mass is 10.3. The Morgan fingerprint density at radius 1 is 1.33 bits per heavy atom. The van der Waals surface area contributed by atoms with Crippen LogP contribution in [0.15, 0.2) is 16.8 Å². The van der Waals surface area contributed by atoms with Crippen molar-refractivity contribution in [1.82, 2.24) is 25.5 Å². The zero-order valence-corrected chi connectivity index (χ0v) is 11.7. The van der Waals surface area contributed by atoms with Gasteiger partial charge >= 0.3 is 0 Å². The second-order valence-electron chi connectivity index (χ2n) is 4.85. The van der Waals surface area contributed by atoms with E-state index in [0.29, 0.717) is 17.5 Å². The Labute approximate surface area is 121 Å². The van der Waals surface area contributed by atoms with Crippen LogP contribution in [0.5, 0.6) is 0 Å². The maximum absolute atomic E-state index is 12.1. The van der Waals surface area contributed by atoms with E-state index in [1.165, 1.54) is 6.33 Å². The van der Waals surface area contributed by atoms with E-state index in [1.54, 1.807) is 13.0 Å². The largest absolute Gasteiger partial charge is 0.424 e. The molecule has 0 spiro atoms. The van der Waals surface area contributed by atoms with Crippen molar-refractivity contribution in [2.75, 3.05) is 18.0 Å². The number of carbonyl (C=O) groups is 1. The zero-order chi connectivity index (χ0) is 14.7. The minimum absolute atomic E-state index is 0.183. The standard InChI is InChI=1S/C13H16N6O2/c1-9-17-18-12(21-9)7-14-13(20)10-6-11(16-8-15-10)19-4-2-3-5-19/h6,8H,2-5,7H2,1H3,(H,14,20). The number of carbonyl (C=O) groups excluding carboxylic acids is 1. The quantitative estimate of drug-likeness (QED) is 0.884. The number of aryl methyl sites for hydroxylation is 1. The van der Waals surface area contributed by atoms with Crippen molar-refractivity contribution < 1.29 is 9.21 Å². The molecule has 0 unspecified atom stereocenters. The molecule has 0 bridgehead atoms. The summed E-state index contributed by atoms with van der Waals surface area (Å²) in [6, 6.07) is 1.71. The summed E-state index contributed by atoms with van der Waals surface area (Å²) in [4.78, 5) is 22.5. The maximum Gasteiger partial charge on any atom is 0.270 e. The van der Waals surface area contributed by atoms with Crippen molar-refractivity contribution in [3.8, 4) is 0 Å². The fraction of sp³-hybridized carbons (Fsp3) is 0.462. The highest BCUT2D eigenvalue weighted by Crippen LogP contribution is 2.17. The molecule has 1 fully saturated rings. The molecule has 0 aromatic carbocycles. The molecule has 21 heavy (non-hydrogen) atoms. The first-order valence-corrected chi connectivity index (χ1v) is 6.86. The number of aromatic nitrogens is 4. The monoisotopic (exact) mass is 288 g/mol. The van der Waals surface area contributed by atoms with Gasteiger partial charge in [0.2, 0.25) is 11.8 Å². The number of anilines is 1. The van der Waals surface area contributed by atoms with Gasteiger partial charge in [-0.3, -0.25) is 4.79 Å². The molecule has 8 heteroatoms. The first-order chi connectivity index (χ1) is 10.2.